The number of anilines is 1. The van der Waals surface area contributed by atoms with E-state index in [-0.39, 0.29) is 17.1 Å². The van der Waals surface area contributed by atoms with Gasteiger partial charge in [-0.25, -0.2) is 4.39 Å². The van der Waals surface area contributed by atoms with Gasteiger partial charge in [-0.1, -0.05) is 42.5 Å². The van der Waals surface area contributed by atoms with E-state index in [4.69, 9.17) is 4.42 Å². The zero-order valence-electron chi connectivity index (χ0n) is 14.9. The lowest BCUT2D eigenvalue weighted by Gasteiger charge is -2.31. The lowest BCUT2D eigenvalue weighted by Crippen LogP contribution is -3.13. The highest BCUT2D eigenvalue weighted by Crippen LogP contribution is 2.29. The van der Waals surface area contributed by atoms with Crippen molar-refractivity contribution in [3.05, 3.63) is 71.7 Å². The van der Waals surface area contributed by atoms with Crippen molar-refractivity contribution < 1.29 is 13.7 Å². The number of piperazine rings is 1. The molecular weight excluding hydrogens is 343 g/mol. The van der Waals surface area contributed by atoms with Crippen molar-refractivity contribution in [1.29, 1.82) is 5.26 Å². The van der Waals surface area contributed by atoms with Crippen LogP contribution in [0.1, 0.15) is 11.3 Å². The van der Waals surface area contributed by atoms with Gasteiger partial charge in [0, 0.05) is 5.56 Å². The van der Waals surface area contributed by atoms with E-state index in [0.717, 1.165) is 32.7 Å². The average Bonchev–Trinajstić information content (AvgIpc) is 3.14. The van der Waals surface area contributed by atoms with Crippen molar-refractivity contribution in [1.82, 2.24) is 4.98 Å². The van der Waals surface area contributed by atoms with Gasteiger partial charge in [-0.05, 0) is 12.1 Å². The lowest BCUT2D eigenvalue weighted by atomic mass is 10.2. The number of nitrogens with one attached hydrogen (secondary N) is 1. The Balaban J connectivity index is 1.48. The van der Waals surface area contributed by atoms with Gasteiger partial charge in [-0.15, -0.1) is 0 Å². The van der Waals surface area contributed by atoms with Gasteiger partial charge in [0.05, 0.1) is 31.7 Å². The monoisotopic (exact) mass is 363 g/mol. The molecule has 0 radical (unpaired) electrons. The number of rotatable bonds is 4. The first-order valence-corrected chi connectivity index (χ1v) is 9.03. The molecule has 1 N–H and O–H groups in total. The quantitative estimate of drug-likeness (QED) is 0.773. The van der Waals surface area contributed by atoms with E-state index in [0.29, 0.717) is 5.88 Å². The first kappa shape index (κ1) is 17.3. The summed E-state index contributed by atoms with van der Waals surface area (Å²) in [7, 11) is 0. The van der Waals surface area contributed by atoms with Crippen LogP contribution in [0.15, 0.2) is 59.0 Å². The van der Waals surface area contributed by atoms with Crippen molar-refractivity contribution in [2.75, 3.05) is 31.1 Å². The second kappa shape index (κ2) is 7.60. The molecule has 2 heterocycles. The summed E-state index contributed by atoms with van der Waals surface area (Å²) < 4.78 is 19.8. The SMILES string of the molecule is N#Cc1nc(-c2ccccc2F)oc1N1CC[NH+](Cc2ccccc2)CC1. The summed E-state index contributed by atoms with van der Waals surface area (Å²) in [6.07, 6.45) is 0. The van der Waals surface area contributed by atoms with Crippen LogP contribution in [0, 0.1) is 17.1 Å². The van der Waals surface area contributed by atoms with Crippen LogP contribution in [0.3, 0.4) is 0 Å². The van der Waals surface area contributed by atoms with Crippen LogP contribution >= 0.6 is 0 Å². The molecule has 0 spiro atoms. The van der Waals surface area contributed by atoms with E-state index in [1.54, 1.807) is 18.2 Å². The number of benzene rings is 2. The van der Waals surface area contributed by atoms with Crippen LogP contribution < -0.4 is 9.80 Å². The second-order valence-corrected chi connectivity index (χ2v) is 6.66. The molecule has 3 aromatic rings. The maximum atomic E-state index is 14.0. The van der Waals surface area contributed by atoms with Crippen molar-refractivity contribution in [2.24, 2.45) is 0 Å². The molecule has 4 rings (SSSR count). The van der Waals surface area contributed by atoms with Crippen molar-refractivity contribution >= 4 is 5.88 Å². The summed E-state index contributed by atoms with van der Waals surface area (Å²) in [6, 6.07) is 18.8. The Morgan fingerprint density at radius 1 is 1.07 bits per heavy atom. The van der Waals surface area contributed by atoms with Gasteiger partial charge in [0.25, 0.3) is 0 Å². The van der Waals surface area contributed by atoms with E-state index < -0.39 is 5.82 Å². The van der Waals surface area contributed by atoms with Crippen molar-refractivity contribution in [2.45, 2.75) is 6.54 Å². The molecule has 0 atom stereocenters. The van der Waals surface area contributed by atoms with E-state index in [9.17, 15) is 9.65 Å². The molecule has 1 saturated heterocycles. The molecule has 27 heavy (non-hydrogen) atoms. The Hall–Kier alpha value is -3.17. The second-order valence-electron chi connectivity index (χ2n) is 6.66. The van der Waals surface area contributed by atoms with Gasteiger partial charge in [0.2, 0.25) is 17.5 Å². The van der Waals surface area contributed by atoms with Gasteiger partial charge < -0.3 is 14.2 Å². The molecule has 0 saturated carbocycles. The molecule has 1 aliphatic rings. The third-order valence-corrected chi connectivity index (χ3v) is 4.87. The zero-order valence-corrected chi connectivity index (χ0v) is 14.9. The minimum Gasteiger partial charge on any atom is -0.419 e. The third-order valence-electron chi connectivity index (χ3n) is 4.87. The summed E-state index contributed by atoms with van der Waals surface area (Å²) in [5.41, 5.74) is 1.80. The van der Waals surface area contributed by atoms with Crippen molar-refractivity contribution in [3.8, 4) is 17.5 Å². The molecule has 136 valence electrons. The maximum Gasteiger partial charge on any atom is 0.235 e. The Morgan fingerprint density at radius 3 is 2.48 bits per heavy atom. The number of halogens is 1. The van der Waals surface area contributed by atoms with Gasteiger partial charge in [0.1, 0.15) is 18.4 Å². The minimum atomic E-state index is -0.410. The Kier molecular flexibility index (Phi) is 4.86. The number of hydrogen-bond donors (Lipinski definition) is 1. The Morgan fingerprint density at radius 2 is 1.78 bits per heavy atom. The highest BCUT2D eigenvalue weighted by molar-refractivity contribution is 5.60. The largest absolute Gasteiger partial charge is 0.419 e. The van der Waals surface area contributed by atoms with Crippen molar-refractivity contribution in [3.63, 3.8) is 0 Å². The normalized spacial score (nSPS) is 14.9. The molecule has 0 aliphatic carbocycles. The maximum absolute atomic E-state index is 14.0. The summed E-state index contributed by atoms with van der Waals surface area (Å²) >= 11 is 0. The Labute approximate surface area is 157 Å². The first-order valence-electron chi connectivity index (χ1n) is 9.03. The molecule has 1 fully saturated rings. The van der Waals surface area contributed by atoms with Crippen LogP contribution in [0.5, 0.6) is 0 Å². The molecule has 0 bridgehead atoms. The number of quaternary nitrogens is 1. The molecular formula is C21H20FN4O+. The molecule has 1 aromatic heterocycles. The van der Waals surface area contributed by atoms with Crippen LogP contribution in [0.25, 0.3) is 11.5 Å². The average molecular weight is 363 g/mol. The minimum absolute atomic E-state index is 0.152. The first-order chi connectivity index (χ1) is 13.2. The number of oxazole rings is 1. The fraction of sp³-hybridized carbons (Fsp3) is 0.238. The van der Waals surface area contributed by atoms with Crippen LogP contribution in [-0.2, 0) is 6.54 Å². The topological polar surface area (TPSA) is 57.5 Å². The predicted octanol–water partition coefficient (Wildman–Crippen LogP) is 2.26. The van der Waals surface area contributed by atoms with Gasteiger partial charge in [0.15, 0.2) is 0 Å². The number of hydrogen-bond acceptors (Lipinski definition) is 4. The Bertz CT molecular complexity index is 956. The summed E-state index contributed by atoms with van der Waals surface area (Å²) in [5.74, 6) is 0.181. The van der Waals surface area contributed by atoms with E-state index in [2.05, 4.69) is 35.3 Å². The highest BCUT2D eigenvalue weighted by atomic mass is 19.1. The standard InChI is InChI=1S/C21H19FN4O/c22-18-9-5-4-8-17(18)20-24-19(14-23)21(27-20)26-12-10-25(11-13-26)15-16-6-2-1-3-7-16/h1-9H,10-13,15H2/p+1. The molecule has 0 unspecified atom stereocenters. The van der Waals surface area contributed by atoms with Crippen LogP contribution in [0.2, 0.25) is 0 Å². The van der Waals surface area contributed by atoms with Gasteiger partial charge >= 0.3 is 0 Å². The molecule has 6 heteroatoms. The van der Waals surface area contributed by atoms with Crippen LogP contribution in [-0.4, -0.2) is 31.2 Å². The van der Waals surface area contributed by atoms with Crippen LogP contribution in [0.4, 0.5) is 10.3 Å². The molecule has 2 aromatic carbocycles. The van der Waals surface area contributed by atoms with Gasteiger partial charge in [-0.3, -0.25) is 0 Å². The fourth-order valence-electron chi connectivity index (χ4n) is 3.44. The van der Waals surface area contributed by atoms with E-state index in [1.165, 1.54) is 16.5 Å². The smallest absolute Gasteiger partial charge is 0.235 e. The summed E-state index contributed by atoms with van der Waals surface area (Å²) in [4.78, 5) is 7.73. The fourth-order valence-corrected chi connectivity index (χ4v) is 3.44. The summed E-state index contributed by atoms with van der Waals surface area (Å²) in [5, 5.41) is 9.43. The van der Waals surface area contributed by atoms with E-state index >= 15 is 0 Å². The number of aromatic nitrogens is 1. The number of nitriles is 1. The highest BCUT2D eigenvalue weighted by Gasteiger charge is 2.27. The zero-order chi connectivity index (χ0) is 18.6. The molecule has 0 amide bonds. The van der Waals surface area contributed by atoms with Gasteiger partial charge in [-0.2, -0.15) is 10.2 Å². The molecule has 5 nitrogen and oxygen atoms in total. The third kappa shape index (κ3) is 3.69. The number of nitrogens with zero attached hydrogens (tertiary/aromatic N) is 3. The lowest BCUT2D eigenvalue weighted by molar-refractivity contribution is -0.914. The predicted molar refractivity (Wildman–Crippen MR) is 99.7 cm³/mol. The van der Waals surface area contributed by atoms with E-state index in [1.807, 2.05) is 11.0 Å². The summed E-state index contributed by atoms with van der Waals surface area (Å²) in [6.45, 7) is 4.40. The molecule has 1 aliphatic heterocycles.